The van der Waals surface area contributed by atoms with Gasteiger partial charge in [-0.05, 0) is 22.3 Å². The van der Waals surface area contributed by atoms with Gasteiger partial charge in [-0.1, -0.05) is 125 Å². The molecule has 0 aliphatic heterocycles. The first-order valence-electron chi connectivity index (χ1n) is 13.4. The average molecular weight is 619 g/mol. The van der Waals surface area contributed by atoms with Crippen LogP contribution in [-0.2, 0) is 20.8 Å². The van der Waals surface area contributed by atoms with Crippen molar-refractivity contribution in [1.29, 1.82) is 0 Å². The second-order valence-corrected chi connectivity index (χ2v) is 13.8. The molecule has 0 nitrogen and oxygen atoms in total. The molecule has 0 heterocycles. The van der Waals surface area contributed by atoms with Gasteiger partial charge in [0.25, 0.3) is 0 Å². The molecular weight excluding hydrogens is 575 g/mol. The summed E-state index contributed by atoms with van der Waals surface area (Å²) in [6.45, 7) is 8.78. The van der Waals surface area contributed by atoms with Gasteiger partial charge in [-0.2, -0.15) is 25.7 Å². The summed E-state index contributed by atoms with van der Waals surface area (Å²) < 4.78 is 0. The van der Waals surface area contributed by atoms with Crippen molar-refractivity contribution in [1.82, 2.24) is 0 Å². The molecule has 4 heteroatoms. The zero-order chi connectivity index (χ0) is 26.4. The van der Waals surface area contributed by atoms with Crippen LogP contribution in [0.15, 0.2) is 60.7 Å². The van der Waals surface area contributed by atoms with Crippen molar-refractivity contribution in [3.63, 3.8) is 0 Å². The summed E-state index contributed by atoms with van der Waals surface area (Å²) in [5.41, 5.74) is 5.86. The van der Waals surface area contributed by atoms with Crippen molar-refractivity contribution in [3.05, 3.63) is 95.8 Å². The van der Waals surface area contributed by atoms with Crippen LogP contribution in [0.5, 0.6) is 0 Å². The topological polar surface area (TPSA) is 0 Å². The number of hydrogen-bond donors (Lipinski definition) is 0. The molecule has 2 unspecified atom stereocenters. The first-order valence-corrected chi connectivity index (χ1v) is 21.7. The maximum atomic E-state index is 4.93. The molecule has 0 aromatic heterocycles. The van der Waals surface area contributed by atoms with Crippen LogP contribution in [0.4, 0.5) is 0 Å². The van der Waals surface area contributed by atoms with E-state index < -0.39 is 20.8 Å². The minimum absolute atomic E-state index is 0.661. The molecule has 0 fully saturated rings. The van der Waals surface area contributed by atoms with Crippen LogP contribution < -0.4 is 0 Å². The van der Waals surface area contributed by atoms with Gasteiger partial charge in [-0.25, -0.2) is 0 Å². The van der Waals surface area contributed by atoms with E-state index in [9.17, 15) is 0 Å². The van der Waals surface area contributed by atoms with Crippen molar-refractivity contribution in [2.45, 2.75) is 90.1 Å². The van der Waals surface area contributed by atoms with Crippen LogP contribution in [0, 0.1) is 12.8 Å². The van der Waals surface area contributed by atoms with E-state index in [1.165, 1.54) is 73.6 Å². The number of fused-ring (bicyclic) bond motifs is 2. The van der Waals surface area contributed by atoms with Gasteiger partial charge in [0.15, 0.2) is 0 Å². The van der Waals surface area contributed by atoms with Crippen molar-refractivity contribution < 1.29 is 20.8 Å². The number of benzene rings is 2. The van der Waals surface area contributed by atoms with Crippen LogP contribution in [-0.4, -0.2) is 9.52 Å². The van der Waals surface area contributed by atoms with Gasteiger partial charge >= 0.3 is 37.9 Å². The average Bonchev–Trinajstić information content (AvgIpc) is 3.50. The Bertz CT molecular complexity index is 793. The van der Waals surface area contributed by atoms with Gasteiger partial charge in [-0.15, -0.1) is 0 Å². The summed E-state index contributed by atoms with van der Waals surface area (Å²) in [5.74, 6) is 1.32. The van der Waals surface area contributed by atoms with E-state index >= 15 is 0 Å². The zero-order valence-corrected chi connectivity index (χ0v) is 27.6. The number of rotatable bonds is 10. The van der Waals surface area contributed by atoms with E-state index in [1.54, 1.807) is 0 Å². The van der Waals surface area contributed by atoms with Gasteiger partial charge in [0.2, 0.25) is 0 Å². The second kappa shape index (κ2) is 22.6. The SMILES string of the molecule is CCC[CH-]CCC1C=Cc2ccccc21.CCC[CH-]CCC1C=Cc2ccccc21.C[Si]C.[Cl][Zr+2][Cl]. The Labute approximate surface area is 243 Å². The Morgan fingerprint density at radius 2 is 1.06 bits per heavy atom. The van der Waals surface area contributed by atoms with Gasteiger partial charge in [0, 0.05) is 21.4 Å². The molecule has 0 spiro atoms. The molecule has 194 valence electrons. The second-order valence-electron chi connectivity index (χ2n) is 9.07. The standard InChI is InChI=1S/2C15H19.C2H6Si.2ClH.Zr/c2*1-2-3-4-5-8-13-11-12-14-9-6-7-10-15(13)14;1-3-2;;;/h2*4,6-7,9-13H,2-3,5,8H2,1H3;1-2H3;2*1H;/q2*-1;;;;+4/p-2. The third-order valence-electron chi connectivity index (χ3n) is 6.16. The molecule has 2 aliphatic rings. The van der Waals surface area contributed by atoms with Gasteiger partial charge in [0.1, 0.15) is 0 Å². The van der Waals surface area contributed by atoms with E-state index in [-0.39, 0.29) is 0 Å². The number of unbranched alkanes of at least 4 members (excludes halogenated alkanes) is 6. The van der Waals surface area contributed by atoms with Gasteiger partial charge in [-0.3, -0.25) is 0 Å². The molecule has 2 aliphatic carbocycles. The Kier molecular flexibility index (Phi) is 21.1. The van der Waals surface area contributed by atoms with Crippen LogP contribution in [0.1, 0.15) is 99.3 Å². The Morgan fingerprint density at radius 3 is 1.42 bits per heavy atom. The Morgan fingerprint density at radius 1 is 0.694 bits per heavy atom. The minimum atomic E-state index is -0.826. The molecule has 2 aromatic rings. The van der Waals surface area contributed by atoms with Crippen LogP contribution in [0.2, 0.25) is 13.1 Å². The molecule has 0 amide bonds. The van der Waals surface area contributed by atoms with E-state index in [0.717, 1.165) is 9.52 Å². The fourth-order valence-electron chi connectivity index (χ4n) is 4.44. The van der Waals surface area contributed by atoms with Crippen LogP contribution in [0.3, 0.4) is 0 Å². The fourth-order valence-corrected chi connectivity index (χ4v) is 4.44. The van der Waals surface area contributed by atoms with Crippen molar-refractivity contribution >= 4 is 38.7 Å². The van der Waals surface area contributed by atoms with E-state index in [0.29, 0.717) is 11.8 Å². The summed E-state index contributed by atoms with van der Waals surface area (Å²) in [4.78, 5) is 0. The molecule has 2 aromatic carbocycles. The quantitative estimate of drug-likeness (QED) is 0.141. The third kappa shape index (κ3) is 13.4. The monoisotopic (exact) mass is 616 g/mol. The molecule has 0 saturated carbocycles. The fraction of sp³-hybridized carbons (Fsp3) is 0.438. The van der Waals surface area contributed by atoms with Crippen molar-refractivity contribution in [2.75, 3.05) is 0 Å². The predicted molar refractivity (Wildman–Crippen MR) is 163 cm³/mol. The zero-order valence-electron chi connectivity index (χ0n) is 22.7. The molecule has 2 radical (unpaired) electrons. The van der Waals surface area contributed by atoms with Crippen molar-refractivity contribution in [2.24, 2.45) is 0 Å². The summed E-state index contributed by atoms with van der Waals surface area (Å²) in [6, 6.07) is 17.5. The number of halogens is 2. The van der Waals surface area contributed by atoms with Crippen molar-refractivity contribution in [3.8, 4) is 0 Å². The summed E-state index contributed by atoms with van der Waals surface area (Å²) in [5, 5.41) is 0. The maximum absolute atomic E-state index is 4.93. The first-order chi connectivity index (χ1) is 17.7. The molecule has 36 heavy (non-hydrogen) atoms. The molecular formula is C32H44Cl2SiZr. The van der Waals surface area contributed by atoms with E-state index in [4.69, 9.17) is 17.0 Å². The van der Waals surface area contributed by atoms with E-state index in [2.05, 4.69) is 113 Å². The molecule has 4 rings (SSSR count). The number of hydrogen-bond acceptors (Lipinski definition) is 0. The summed E-state index contributed by atoms with van der Waals surface area (Å²) in [7, 11) is 11.0. The molecule has 2 atom stereocenters. The predicted octanol–water partition coefficient (Wildman–Crippen LogP) is 11.3. The number of allylic oxidation sites excluding steroid dienone is 2. The summed E-state index contributed by atoms with van der Waals surface area (Å²) in [6.07, 6.45) is 24.2. The van der Waals surface area contributed by atoms with Crippen LogP contribution >= 0.6 is 17.0 Å². The Balaban J connectivity index is 0.000000296. The van der Waals surface area contributed by atoms with Gasteiger partial charge < -0.3 is 12.8 Å². The Hall–Kier alpha value is -0.400. The van der Waals surface area contributed by atoms with E-state index in [1.807, 2.05) is 0 Å². The summed E-state index contributed by atoms with van der Waals surface area (Å²) >= 11 is -0.826. The molecule has 0 saturated heterocycles. The first kappa shape index (κ1) is 33.6. The normalized spacial score (nSPS) is 15.8. The van der Waals surface area contributed by atoms with Gasteiger partial charge in [0.05, 0.1) is 0 Å². The molecule has 0 bridgehead atoms. The van der Waals surface area contributed by atoms with Crippen LogP contribution in [0.25, 0.3) is 12.2 Å². The third-order valence-corrected chi connectivity index (χ3v) is 6.16. The molecule has 0 N–H and O–H groups in total.